The number of hydrogen-bond donors (Lipinski definition) is 1. The molecular weight excluding hydrogens is 476 g/mol. The van der Waals surface area contributed by atoms with E-state index in [4.69, 9.17) is 11.6 Å². The molecule has 0 aliphatic carbocycles. The summed E-state index contributed by atoms with van der Waals surface area (Å²) < 4.78 is 30.6. The molecule has 1 saturated heterocycles. The van der Waals surface area contributed by atoms with Crippen molar-refractivity contribution < 1.29 is 18.4 Å². The van der Waals surface area contributed by atoms with Gasteiger partial charge in [0.15, 0.2) is 11.6 Å². The molecule has 0 spiro atoms. The van der Waals surface area contributed by atoms with Crippen molar-refractivity contribution in [2.24, 2.45) is 5.92 Å². The van der Waals surface area contributed by atoms with E-state index in [-0.39, 0.29) is 35.5 Å². The molecule has 3 aromatic rings. The number of hydrogen-bond acceptors (Lipinski definition) is 4. The van der Waals surface area contributed by atoms with Gasteiger partial charge in [-0.25, -0.2) is 13.8 Å². The fourth-order valence-corrected chi connectivity index (χ4v) is 4.05. The van der Waals surface area contributed by atoms with Crippen LogP contribution in [0.5, 0.6) is 0 Å². The molecule has 1 N–H and O–H groups in total. The summed E-state index contributed by atoms with van der Waals surface area (Å²) in [6, 6.07) is 10.4. The number of nitrogens with one attached hydrogen (secondary N) is 1. The van der Waals surface area contributed by atoms with E-state index in [1.54, 1.807) is 0 Å². The predicted molar refractivity (Wildman–Crippen MR) is 127 cm³/mol. The minimum absolute atomic E-state index is 0.00875. The molecule has 180 valence electrons. The Kier molecular flexibility index (Phi) is 7.42. The number of likely N-dealkylation sites (tertiary alicyclic amines) is 1. The molecule has 35 heavy (non-hydrogen) atoms. The second-order valence-electron chi connectivity index (χ2n) is 8.18. The monoisotopic (exact) mass is 497 g/mol. The first kappa shape index (κ1) is 24.4. The summed E-state index contributed by atoms with van der Waals surface area (Å²) in [6.07, 6.45) is 1.78. The smallest absolute Gasteiger partial charge is 0.276 e. The summed E-state index contributed by atoms with van der Waals surface area (Å²) in [5.74, 6) is 3.33. The maximum atomic E-state index is 14.7. The zero-order chi connectivity index (χ0) is 24.9. The van der Waals surface area contributed by atoms with Gasteiger partial charge in [-0.2, -0.15) is 5.10 Å². The number of amides is 2. The van der Waals surface area contributed by atoms with Crippen LogP contribution in [-0.4, -0.2) is 50.7 Å². The van der Waals surface area contributed by atoms with E-state index in [0.29, 0.717) is 18.5 Å². The zero-order valence-corrected chi connectivity index (χ0v) is 19.6. The van der Waals surface area contributed by atoms with Gasteiger partial charge < -0.3 is 10.2 Å². The van der Waals surface area contributed by atoms with Gasteiger partial charge in [0.1, 0.15) is 11.9 Å². The van der Waals surface area contributed by atoms with Crippen LogP contribution in [0.4, 0.5) is 14.6 Å². The second-order valence-corrected chi connectivity index (χ2v) is 8.58. The first-order valence-electron chi connectivity index (χ1n) is 11.0. The van der Waals surface area contributed by atoms with Gasteiger partial charge in [-0.15, -0.1) is 0 Å². The zero-order valence-electron chi connectivity index (χ0n) is 18.8. The quantitative estimate of drug-likeness (QED) is 0.554. The number of carbonyl (C=O) groups excluding carboxylic acids is 2. The summed E-state index contributed by atoms with van der Waals surface area (Å²) in [4.78, 5) is 29.8. The number of benzene rings is 1. The lowest BCUT2D eigenvalue weighted by Crippen LogP contribution is -2.45. The summed E-state index contributed by atoms with van der Waals surface area (Å²) in [5, 5.41) is 6.54. The first-order valence-corrected chi connectivity index (χ1v) is 11.3. The number of alkyl halides is 1. The molecule has 3 heterocycles. The third-order valence-electron chi connectivity index (χ3n) is 5.74. The third kappa shape index (κ3) is 5.84. The second kappa shape index (κ2) is 10.7. The standard InChI is InChI=1S/C25H22ClF2N5O2/c1-16(34)32-10-9-19(22(28)15-32)14-33-23(20(26)13-30-33)25(35)31-24-21(27)11-18(12-29-24)8-7-17-5-3-2-4-6-17/h2-6,11-13,19,22H,9-10,14-15H2,1H3,(H,29,31,35)/t19-,22-/m0/s1. The van der Waals surface area contributed by atoms with Crippen LogP contribution in [0.2, 0.25) is 5.02 Å². The fraction of sp³-hybridized carbons (Fsp3) is 0.280. The summed E-state index contributed by atoms with van der Waals surface area (Å²) >= 11 is 6.17. The minimum atomic E-state index is -1.27. The van der Waals surface area contributed by atoms with E-state index in [2.05, 4.69) is 27.2 Å². The Hall–Kier alpha value is -3.77. The molecule has 0 unspecified atom stereocenters. The van der Waals surface area contributed by atoms with Crippen molar-refractivity contribution in [2.45, 2.75) is 26.1 Å². The van der Waals surface area contributed by atoms with Crippen LogP contribution in [0, 0.1) is 23.6 Å². The summed E-state index contributed by atoms with van der Waals surface area (Å²) in [7, 11) is 0. The highest BCUT2D eigenvalue weighted by Crippen LogP contribution is 2.25. The predicted octanol–water partition coefficient (Wildman–Crippen LogP) is 3.93. The molecule has 0 radical (unpaired) electrons. The number of anilines is 1. The van der Waals surface area contributed by atoms with Crippen LogP contribution in [-0.2, 0) is 11.3 Å². The van der Waals surface area contributed by atoms with Crippen LogP contribution in [0.3, 0.4) is 0 Å². The Morgan fingerprint density at radius 2 is 1.94 bits per heavy atom. The topological polar surface area (TPSA) is 80.1 Å². The van der Waals surface area contributed by atoms with Crippen molar-refractivity contribution in [3.63, 3.8) is 0 Å². The van der Waals surface area contributed by atoms with Crippen molar-refractivity contribution in [3.05, 3.63) is 76.5 Å². The van der Waals surface area contributed by atoms with Crippen LogP contribution in [0.25, 0.3) is 0 Å². The van der Waals surface area contributed by atoms with Crippen LogP contribution in [0.15, 0.2) is 48.8 Å². The van der Waals surface area contributed by atoms with E-state index in [1.807, 2.05) is 30.3 Å². The van der Waals surface area contributed by atoms with Gasteiger partial charge in [0.2, 0.25) is 5.91 Å². The SMILES string of the molecule is CC(=O)N1CC[C@@H](Cn2ncc(Cl)c2C(=O)Nc2ncc(C#Cc3ccccc3)cc2F)[C@@H](F)C1. The number of pyridine rings is 1. The van der Waals surface area contributed by atoms with Crippen molar-refractivity contribution in [2.75, 3.05) is 18.4 Å². The maximum absolute atomic E-state index is 14.7. The average molecular weight is 498 g/mol. The molecule has 1 fully saturated rings. The number of nitrogens with zero attached hydrogens (tertiary/aromatic N) is 4. The van der Waals surface area contributed by atoms with E-state index < -0.39 is 23.8 Å². The molecule has 1 aliphatic heterocycles. The lowest BCUT2D eigenvalue weighted by molar-refractivity contribution is -0.131. The molecule has 1 aliphatic rings. The first-order chi connectivity index (χ1) is 16.8. The molecule has 2 atom stereocenters. The Balaban J connectivity index is 1.46. The lowest BCUT2D eigenvalue weighted by atomic mass is 9.95. The van der Waals surface area contributed by atoms with Gasteiger partial charge in [-0.1, -0.05) is 41.6 Å². The third-order valence-corrected chi connectivity index (χ3v) is 6.01. The summed E-state index contributed by atoms with van der Waals surface area (Å²) in [6.45, 7) is 1.90. The van der Waals surface area contributed by atoms with Crippen molar-refractivity contribution in [1.82, 2.24) is 19.7 Å². The maximum Gasteiger partial charge on any atom is 0.276 e. The molecule has 2 amide bonds. The number of carbonyl (C=O) groups is 2. The largest absolute Gasteiger partial charge is 0.340 e. The normalized spacial score (nSPS) is 17.4. The molecule has 1 aromatic carbocycles. The van der Waals surface area contributed by atoms with Crippen molar-refractivity contribution in [3.8, 4) is 11.8 Å². The highest BCUT2D eigenvalue weighted by molar-refractivity contribution is 6.34. The molecule has 0 bridgehead atoms. The molecule has 4 rings (SSSR count). The Morgan fingerprint density at radius 3 is 2.63 bits per heavy atom. The fourth-order valence-electron chi connectivity index (χ4n) is 3.82. The number of halogens is 3. The van der Waals surface area contributed by atoms with Crippen LogP contribution in [0.1, 0.15) is 35.0 Å². The van der Waals surface area contributed by atoms with Crippen LogP contribution >= 0.6 is 11.6 Å². The van der Waals surface area contributed by atoms with E-state index in [9.17, 15) is 18.4 Å². The van der Waals surface area contributed by atoms with E-state index >= 15 is 0 Å². The van der Waals surface area contributed by atoms with E-state index in [0.717, 1.165) is 5.56 Å². The Morgan fingerprint density at radius 1 is 1.20 bits per heavy atom. The summed E-state index contributed by atoms with van der Waals surface area (Å²) in [5.41, 5.74) is 1.09. The van der Waals surface area contributed by atoms with Crippen molar-refractivity contribution in [1.29, 1.82) is 0 Å². The molecular formula is C25H22ClF2N5O2. The number of aromatic nitrogens is 3. The van der Waals surface area contributed by atoms with Crippen molar-refractivity contribution >= 4 is 29.2 Å². The van der Waals surface area contributed by atoms with Crippen LogP contribution < -0.4 is 5.32 Å². The highest BCUT2D eigenvalue weighted by atomic mass is 35.5. The Bertz CT molecular complexity index is 1300. The average Bonchev–Trinajstić information content (AvgIpc) is 3.21. The lowest BCUT2D eigenvalue weighted by Gasteiger charge is -2.34. The van der Waals surface area contributed by atoms with Gasteiger partial charge >= 0.3 is 0 Å². The number of rotatable bonds is 4. The minimum Gasteiger partial charge on any atom is -0.340 e. The molecule has 7 nitrogen and oxygen atoms in total. The van der Waals surface area contributed by atoms with Gasteiger partial charge in [-0.3, -0.25) is 14.3 Å². The number of piperidine rings is 1. The van der Waals surface area contributed by atoms with Gasteiger partial charge in [-0.05, 0) is 24.6 Å². The van der Waals surface area contributed by atoms with Gasteiger partial charge in [0.25, 0.3) is 5.91 Å². The molecule has 10 heteroatoms. The molecule has 2 aromatic heterocycles. The Labute approximate surface area is 206 Å². The van der Waals surface area contributed by atoms with Gasteiger partial charge in [0.05, 0.1) is 17.8 Å². The highest BCUT2D eigenvalue weighted by Gasteiger charge is 2.32. The van der Waals surface area contributed by atoms with E-state index in [1.165, 1.54) is 35.0 Å². The molecule has 0 saturated carbocycles. The van der Waals surface area contributed by atoms with Gasteiger partial charge in [0, 0.05) is 43.3 Å².